The largest absolute Gasteiger partial charge is 0.512 e. The van der Waals surface area contributed by atoms with Crippen LogP contribution in [0.5, 0.6) is 0 Å². The van der Waals surface area contributed by atoms with Gasteiger partial charge >= 0.3 is 0 Å². The van der Waals surface area contributed by atoms with E-state index in [1.54, 1.807) is 0 Å². The predicted molar refractivity (Wildman–Crippen MR) is 178 cm³/mol. The minimum atomic E-state index is -0.337. The van der Waals surface area contributed by atoms with Crippen LogP contribution < -0.4 is 0 Å². The molecule has 3 nitrogen and oxygen atoms in total. The van der Waals surface area contributed by atoms with Gasteiger partial charge in [-0.3, -0.25) is 9.78 Å². The van der Waals surface area contributed by atoms with Gasteiger partial charge in [0.1, 0.15) is 5.76 Å². The van der Waals surface area contributed by atoms with Gasteiger partial charge in [-0.1, -0.05) is 95.0 Å². The van der Waals surface area contributed by atoms with E-state index in [9.17, 15) is 9.90 Å². The second-order valence-corrected chi connectivity index (χ2v) is 12.9. The molecule has 5 heteroatoms. The van der Waals surface area contributed by atoms with Gasteiger partial charge in [0.05, 0.1) is 0 Å². The van der Waals surface area contributed by atoms with Crippen LogP contribution in [0.15, 0.2) is 94.6 Å². The van der Waals surface area contributed by atoms with Gasteiger partial charge in [-0.15, -0.1) is 35.3 Å². The van der Waals surface area contributed by atoms with Gasteiger partial charge in [0.25, 0.3) is 0 Å². The zero-order chi connectivity index (χ0) is 30.1. The van der Waals surface area contributed by atoms with E-state index in [1.165, 1.54) is 42.8 Å². The summed E-state index contributed by atoms with van der Waals surface area (Å²) in [5.41, 5.74) is 1.57. The maximum atomic E-state index is 12.2. The van der Waals surface area contributed by atoms with Crippen molar-refractivity contribution in [3.63, 3.8) is 0 Å². The molecule has 0 fully saturated rings. The molecule has 5 aromatic rings. The molecule has 0 atom stereocenters. The summed E-state index contributed by atoms with van der Waals surface area (Å²) in [4.78, 5) is 19.5. The van der Waals surface area contributed by atoms with Crippen LogP contribution in [0.25, 0.3) is 43.6 Å². The topological polar surface area (TPSA) is 50.2 Å². The van der Waals surface area contributed by atoms with E-state index >= 15 is 0 Å². The molecule has 6 rings (SSSR count). The maximum Gasteiger partial charge on any atom is 0.164 e. The third kappa shape index (κ3) is 6.18. The predicted octanol–water partition coefficient (Wildman–Crippen LogP) is 11.1. The number of aliphatic hydroxyl groups excluding tert-OH is 1. The maximum absolute atomic E-state index is 12.2. The first-order valence-corrected chi connectivity index (χ1v) is 15.9. The fraction of sp³-hybridized carbons (Fsp3) is 0.316. The van der Waals surface area contributed by atoms with Gasteiger partial charge in [-0.25, -0.2) is 0 Å². The minimum absolute atomic E-state index is 0. The molecule has 0 bridgehead atoms. The van der Waals surface area contributed by atoms with E-state index in [1.807, 2.05) is 59.5 Å². The molecule has 0 spiro atoms. The van der Waals surface area contributed by atoms with E-state index in [4.69, 9.17) is 4.98 Å². The fourth-order valence-electron chi connectivity index (χ4n) is 5.49. The van der Waals surface area contributed by atoms with Gasteiger partial charge < -0.3 is 5.11 Å². The van der Waals surface area contributed by atoms with Crippen LogP contribution in [-0.2, 0) is 24.9 Å². The van der Waals surface area contributed by atoms with Crippen molar-refractivity contribution in [1.29, 1.82) is 0 Å². The number of allylic oxidation sites excluding steroid dienone is 2. The van der Waals surface area contributed by atoms with E-state index in [0.717, 1.165) is 42.3 Å². The molecular formula is C38H40IrNO2S-. The van der Waals surface area contributed by atoms with Gasteiger partial charge in [-0.2, -0.15) is 0 Å². The number of ketones is 1. The summed E-state index contributed by atoms with van der Waals surface area (Å²) < 4.78 is 0. The van der Waals surface area contributed by atoms with Crippen molar-refractivity contribution < 1.29 is 30.0 Å². The molecule has 0 unspecified atom stereocenters. The molecule has 2 heterocycles. The molecule has 1 aromatic heterocycles. The molecule has 1 aliphatic heterocycles. The van der Waals surface area contributed by atoms with Crippen molar-refractivity contribution in [2.24, 2.45) is 10.8 Å². The van der Waals surface area contributed by atoms with Crippen LogP contribution in [0.3, 0.4) is 0 Å². The Labute approximate surface area is 273 Å². The summed E-state index contributed by atoms with van der Waals surface area (Å²) in [6.07, 6.45) is 6.68. The molecule has 1 aliphatic rings. The van der Waals surface area contributed by atoms with Gasteiger partial charge in [0.2, 0.25) is 0 Å². The van der Waals surface area contributed by atoms with E-state index < -0.39 is 0 Å². The Morgan fingerprint density at radius 3 is 2.12 bits per heavy atom. The number of hydrogen-bond acceptors (Lipinski definition) is 4. The first kappa shape index (κ1) is 32.9. The molecule has 0 aliphatic carbocycles. The Bertz CT molecular complexity index is 1820. The first-order chi connectivity index (χ1) is 20.2. The zero-order valence-corrected chi connectivity index (χ0v) is 29.1. The summed E-state index contributed by atoms with van der Waals surface area (Å²) >= 11 is 1.83. The van der Waals surface area contributed by atoms with E-state index in [0.29, 0.717) is 0 Å². The van der Waals surface area contributed by atoms with Crippen molar-refractivity contribution >= 4 is 49.9 Å². The number of aliphatic hydroxyl groups is 1. The average Bonchev–Trinajstić information content (AvgIpc) is 3.03. The number of hydrogen-bond donors (Lipinski definition) is 1. The smallest absolute Gasteiger partial charge is 0.164 e. The van der Waals surface area contributed by atoms with Crippen LogP contribution in [-0.4, -0.2) is 15.9 Å². The van der Waals surface area contributed by atoms with Crippen molar-refractivity contribution in [3.8, 4) is 11.3 Å². The van der Waals surface area contributed by atoms with Crippen molar-refractivity contribution in [3.05, 3.63) is 90.8 Å². The molecule has 4 aromatic carbocycles. The summed E-state index contributed by atoms with van der Waals surface area (Å²) in [5.74, 6) is 0.286. The van der Waals surface area contributed by atoms with Crippen molar-refractivity contribution in [1.82, 2.24) is 4.98 Å². The Morgan fingerprint density at radius 2 is 1.44 bits per heavy atom. The van der Waals surface area contributed by atoms with Gasteiger partial charge in [0.15, 0.2) is 5.78 Å². The number of carbonyl (C=O) groups is 1. The molecule has 1 radical (unpaired) electrons. The number of benzene rings is 4. The second kappa shape index (κ2) is 13.3. The fourth-order valence-corrected chi connectivity index (χ4v) is 6.66. The normalized spacial score (nSPS) is 12.8. The van der Waals surface area contributed by atoms with Gasteiger partial charge in [-0.05, 0) is 64.3 Å². The number of aromatic nitrogens is 1. The number of pyridine rings is 1. The third-order valence-electron chi connectivity index (χ3n) is 9.55. The molecule has 43 heavy (non-hydrogen) atoms. The monoisotopic (exact) mass is 767 g/mol. The molecule has 0 saturated heterocycles. The van der Waals surface area contributed by atoms with Crippen LogP contribution in [0.1, 0.15) is 67.2 Å². The summed E-state index contributed by atoms with van der Waals surface area (Å²) in [6, 6.07) is 27.3. The van der Waals surface area contributed by atoms with Crippen LogP contribution >= 0.6 is 11.8 Å². The number of fused-ring (bicyclic) bond motifs is 5. The first-order valence-electron chi connectivity index (χ1n) is 15.1. The Kier molecular flexibility index (Phi) is 10.2. The second-order valence-electron chi connectivity index (χ2n) is 11.8. The zero-order valence-electron chi connectivity index (χ0n) is 25.9. The number of nitrogens with zero attached hydrogens (tertiary/aromatic N) is 1. The Morgan fingerprint density at radius 1 is 0.837 bits per heavy atom. The standard InChI is InChI=1S/C23H12NS.C15H28O2.Ir/c1-2-6-15-12-20-19(11-14(15)5-1)23-22-18(9-10-24-23)17-8-4-3-7-16(17)13-21(22)25-20;1-7-14(5,8-2)12(16)11-13(17)15(6,9-3)10-4;/h1-10,12-13H;11,16H,7-10H2,1-6H3;/q-1;;/b;12-11-;. The molecule has 225 valence electrons. The van der Waals surface area contributed by atoms with Gasteiger partial charge in [0, 0.05) is 53.8 Å². The Balaban J connectivity index is 0.000000210. The quantitative estimate of drug-likeness (QED) is 0.0761. The summed E-state index contributed by atoms with van der Waals surface area (Å²) in [5, 5.41) is 17.6. The molecular weight excluding hydrogens is 727 g/mol. The van der Waals surface area contributed by atoms with Crippen molar-refractivity contribution in [2.45, 2.75) is 77.0 Å². The van der Waals surface area contributed by atoms with Crippen LogP contribution in [0.4, 0.5) is 0 Å². The van der Waals surface area contributed by atoms with E-state index in [2.05, 4.69) is 72.8 Å². The molecule has 0 amide bonds. The molecule has 1 N–H and O–H groups in total. The average molecular weight is 767 g/mol. The number of carbonyl (C=O) groups excluding carboxylic acids is 1. The number of rotatable bonds is 7. The summed E-state index contributed by atoms with van der Waals surface area (Å²) in [7, 11) is 0. The summed E-state index contributed by atoms with van der Waals surface area (Å²) in [6.45, 7) is 12.1. The SMILES string of the molecule is CCC(C)(CC)C(=O)/C=C(\O)C(C)(CC)CC.[Ir].[c-]1c2c(cc3ccccc13)Sc1cc3ccccc3c3ccnc-2c13. The van der Waals surface area contributed by atoms with Crippen LogP contribution in [0.2, 0.25) is 0 Å². The molecule has 0 saturated carbocycles. The third-order valence-corrected chi connectivity index (χ3v) is 10.6. The van der Waals surface area contributed by atoms with Crippen molar-refractivity contribution in [2.75, 3.05) is 0 Å². The minimum Gasteiger partial charge on any atom is -0.512 e. The Hall–Kier alpha value is -2.98. The van der Waals surface area contributed by atoms with E-state index in [-0.39, 0.29) is 42.5 Å². The van der Waals surface area contributed by atoms with Crippen LogP contribution in [0, 0.1) is 16.9 Å².